The summed E-state index contributed by atoms with van der Waals surface area (Å²) < 4.78 is 99.1. The number of rotatable bonds is 6. The average molecular weight is 382 g/mol. The molecule has 0 saturated heterocycles. The van der Waals surface area contributed by atoms with Crippen LogP contribution in [0.2, 0.25) is 0 Å². The van der Waals surface area contributed by atoms with Gasteiger partial charge in [0.15, 0.2) is 11.6 Å². The Balaban J connectivity index is 2.23. The van der Waals surface area contributed by atoms with Crippen LogP contribution in [0.25, 0.3) is 0 Å². The Kier molecular flexibility index (Phi) is 5.68. The van der Waals surface area contributed by atoms with E-state index in [4.69, 9.17) is 0 Å². The molecule has 0 aliphatic carbocycles. The molecule has 2 aromatic carbocycles. The highest BCUT2D eigenvalue weighted by atomic mass is 19.4. The topological polar surface area (TPSA) is 18.5 Å². The largest absolute Gasteiger partial charge is 0.573 e. The minimum Gasteiger partial charge on any atom is -0.429 e. The molecule has 0 heterocycles. The van der Waals surface area contributed by atoms with Crippen LogP contribution in [0.3, 0.4) is 0 Å². The van der Waals surface area contributed by atoms with E-state index in [0.29, 0.717) is 6.42 Å². The van der Waals surface area contributed by atoms with Crippen molar-refractivity contribution in [2.45, 2.75) is 32.2 Å². The first-order valence-corrected chi connectivity index (χ1v) is 7.43. The predicted octanol–water partition coefficient (Wildman–Crippen LogP) is 5.94. The van der Waals surface area contributed by atoms with Crippen LogP contribution in [0.4, 0.5) is 30.7 Å². The van der Waals surface area contributed by atoms with Crippen LogP contribution < -0.4 is 9.47 Å². The van der Waals surface area contributed by atoms with Crippen molar-refractivity contribution in [1.29, 1.82) is 0 Å². The molecule has 2 aromatic rings. The molecule has 0 amide bonds. The Morgan fingerprint density at radius 1 is 0.846 bits per heavy atom. The smallest absolute Gasteiger partial charge is 0.429 e. The molecule has 0 aromatic heterocycles. The Hall–Kier alpha value is -2.45. The van der Waals surface area contributed by atoms with E-state index in [2.05, 4.69) is 9.47 Å². The quantitative estimate of drug-likeness (QED) is 0.576. The van der Waals surface area contributed by atoms with Gasteiger partial charge in [-0.05, 0) is 24.1 Å². The maximum Gasteiger partial charge on any atom is 0.573 e. The average Bonchev–Trinajstić information content (AvgIpc) is 2.50. The van der Waals surface area contributed by atoms with Crippen molar-refractivity contribution in [2.75, 3.05) is 0 Å². The van der Waals surface area contributed by atoms with Crippen molar-refractivity contribution in [3.8, 4) is 11.5 Å². The molecule has 26 heavy (non-hydrogen) atoms. The van der Waals surface area contributed by atoms with Crippen molar-refractivity contribution in [3.63, 3.8) is 0 Å². The van der Waals surface area contributed by atoms with Gasteiger partial charge in [-0.2, -0.15) is 8.78 Å². The standard InChI is InChI=1S/C17H13F7O2/c1-2-3-10-4-6-11(7-5-10)16(20,21)25-12-8-13(18)15(14(19)9-12)26-17(22,23)24/h4-9H,2-3H2,1H3. The lowest BCUT2D eigenvalue weighted by Gasteiger charge is -2.19. The number of alkyl halides is 5. The Morgan fingerprint density at radius 2 is 1.38 bits per heavy atom. The third-order valence-corrected chi connectivity index (χ3v) is 3.26. The summed E-state index contributed by atoms with van der Waals surface area (Å²) in [7, 11) is 0. The lowest BCUT2D eigenvalue weighted by atomic mass is 10.1. The molecule has 0 spiro atoms. The third-order valence-electron chi connectivity index (χ3n) is 3.26. The summed E-state index contributed by atoms with van der Waals surface area (Å²) in [4.78, 5) is 0. The molecule has 9 heteroatoms. The van der Waals surface area contributed by atoms with Crippen LogP contribution in [-0.4, -0.2) is 6.36 Å². The number of aryl methyl sites for hydroxylation is 1. The van der Waals surface area contributed by atoms with Crippen LogP contribution in [0.5, 0.6) is 11.5 Å². The molecule has 0 atom stereocenters. The van der Waals surface area contributed by atoms with Crippen molar-refractivity contribution in [1.82, 2.24) is 0 Å². The molecule has 0 radical (unpaired) electrons. The van der Waals surface area contributed by atoms with Gasteiger partial charge in [0.1, 0.15) is 5.75 Å². The first kappa shape index (κ1) is 19.9. The molecule has 0 aliphatic rings. The van der Waals surface area contributed by atoms with Crippen molar-refractivity contribution >= 4 is 0 Å². The van der Waals surface area contributed by atoms with Gasteiger partial charge in [-0.3, -0.25) is 0 Å². The Labute approximate surface area is 144 Å². The summed E-state index contributed by atoms with van der Waals surface area (Å²) in [6.07, 6.45) is -7.79. The van der Waals surface area contributed by atoms with Crippen LogP contribution in [-0.2, 0) is 12.5 Å². The van der Waals surface area contributed by atoms with E-state index < -0.39 is 41.2 Å². The minimum absolute atomic E-state index is 0.184. The summed E-state index contributed by atoms with van der Waals surface area (Å²) in [5.74, 6) is -6.40. The summed E-state index contributed by atoms with van der Waals surface area (Å²) in [5.41, 5.74) is 0.242. The molecule has 2 rings (SSSR count). The molecule has 0 bridgehead atoms. The number of hydrogen-bond donors (Lipinski definition) is 0. The highest BCUT2D eigenvalue weighted by Gasteiger charge is 2.37. The molecule has 0 N–H and O–H groups in total. The first-order valence-electron chi connectivity index (χ1n) is 7.43. The fourth-order valence-electron chi connectivity index (χ4n) is 2.17. The van der Waals surface area contributed by atoms with Gasteiger partial charge in [-0.1, -0.05) is 25.5 Å². The van der Waals surface area contributed by atoms with Gasteiger partial charge in [0, 0.05) is 12.1 Å². The van der Waals surface area contributed by atoms with E-state index in [-0.39, 0.29) is 12.1 Å². The van der Waals surface area contributed by atoms with E-state index >= 15 is 0 Å². The third kappa shape index (κ3) is 5.03. The zero-order valence-electron chi connectivity index (χ0n) is 13.3. The molecule has 0 unspecified atom stereocenters. The molecular weight excluding hydrogens is 369 g/mol. The molecule has 0 fully saturated rings. The second-order valence-electron chi connectivity index (χ2n) is 5.33. The minimum atomic E-state index is -5.34. The van der Waals surface area contributed by atoms with Crippen LogP contribution >= 0.6 is 0 Å². The molecule has 142 valence electrons. The van der Waals surface area contributed by atoms with Gasteiger partial charge in [-0.15, -0.1) is 13.2 Å². The molecule has 0 aliphatic heterocycles. The van der Waals surface area contributed by atoms with Gasteiger partial charge in [0.25, 0.3) is 0 Å². The van der Waals surface area contributed by atoms with Gasteiger partial charge in [0.2, 0.25) is 5.75 Å². The highest BCUT2D eigenvalue weighted by molar-refractivity contribution is 5.36. The zero-order valence-corrected chi connectivity index (χ0v) is 13.3. The number of halogens is 7. The second kappa shape index (κ2) is 7.43. The van der Waals surface area contributed by atoms with Crippen LogP contribution in [0, 0.1) is 11.6 Å². The second-order valence-corrected chi connectivity index (χ2v) is 5.33. The SMILES string of the molecule is CCCc1ccc(C(F)(F)Oc2cc(F)c(OC(F)(F)F)c(F)c2)cc1. The van der Waals surface area contributed by atoms with E-state index in [1.807, 2.05) is 6.92 Å². The van der Waals surface area contributed by atoms with Gasteiger partial charge in [0.05, 0.1) is 5.56 Å². The van der Waals surface area contributed by atoms with Crippen LogP contribution in [0.1, 0.15) is 24.5 Å². The number of hydrogen-bond acceptors (Lipinski definition) is 2. The molecule has 2 nitrogen and oxygen atoms in total. The lowest BCUT2D eigenvalue weighted by molar-refractivity contribution is -0.276. The summed E-state index contributed by atoms with van der Waals surface area (Å²) in [6.45, 7) is 1.92. The van der Waals surface area contributed by atoms with Crippen LogP contribution in [0.15, 0.2) is 36.4 Å². The van der Waals surface area contributed by atoms with Gasteiger partial charge < -0.3 is 9.47 Å². The highest BCUT2D eigenvalue weighted by Crippen LogP contribution is 2.36. The predicted molar refractivity (Wildman–Crippen MR) is 78.0 cm³/mol. The van der Waals surface area contributed by atoms with E-state index in [1.165, 1.54) is 12.1 Å². The van der Waals surface area contributed by atoms with E-state index in [1.54, 1.807) is 0 Å². The summed E-state index contributed by atoms with van der Waals surface area (Å²) in [6, 6.07) is 5.47. The summed E-state index contributed by atoms with van der Waals surface area (Å²) >= 11 is 0. The van der Waals surface area contributed by atoms with Gasteiger partial charge in [-0.25, -0.2) is 8.78 Å². The fourth-order valence-corrected chi connectivity index (χ4v) is 2.17. The van der Waals surface area contributed by atoms with Crippen molar-refractivity contribution in [2.24, 2.45) is 0 Å². The maximum atomic E-state index is 14.1. The number of ether oxygens (including phenoxy) is 2. The normalized spacial score (nSPS) is 12.2. The van der Waals surface area contributed by atoms with Crippen molar-refractivity contribution < 1.29 is 40.2 Å². The zero-order chi connectivity index (χ0) is 19.5. The van der Waals surface area contributed by atoms with Gasteiger partial charge >= 0.3 is 12.5 Å². The first-order chi connectivity index (χ1) is 12.0. The maximum absolute atomic E-state index is 14.1. The molecular formula is C17H13F7O2. The van der Waals surface area contributed by atoms with Crippen molar-refractivity contribution in [3.05, 3.63) is 59.2 Å². The monoisotopic (exact) mass is 382 g/mol. The molecule has 0 saturated carbocycles. The Morgan fingerprint density at radius 3 is 1.85 bits per heavy atom. The fraction of sp³-hybridized carbons (Fsp3) is 0.294. The van der Waals surface area contributed by atoms with E-state index in [0.717, 1.165) is 24.1 Å². The lowest BCUT2D eigenvalue weighted by Crippen LogP contribution is -2.22. The Bertz CT molecular complexity index is 732. The summed E-state index contributed by atoms with van der Waals surface area (Å²) in [5, 5.41) is 0. The van der Waals surface area contributed by atoms with E-state index in [9.17, 15) is 30.7 Å². The number of benzene rings is 2.